The summed E-state index contributed by atoms with van der Waals surface area (Å²) in [6.07, 6.45) is 2.83. The quantitative estimate of drug-likeness (QED) is 0.813. The second-order valence-electron chi connectivity index (χ2n) is 4.71. The number of ether oxygens (including phenoxy) is 1. The summed E-state index contributed by atoms with van der Waals surface area (Å²) in [5, 5.41) is 5.64. The van der Waals surface area contributed by atoms with E-state index in [1.807, 2.05) is 30.5 Å². The van der Waals surface area contributed by atoms with Crippen LogP contribution in [0.5, 0.6) is 5.75 Å². The van der Waals surface area contributed by atoms with E-state index in [1.54, 1.807) is 7.11 Å². The maximum atomic E-state index is 5.75. The number of anilines is 1. The van der Waals surface area contributed by atoms with Gasteiger partial charge in [-0.3, -0.25) is 0 Å². The Morgan fingerprint density at radius 1 is 1.37 bits per heavy atom. The van der Waals surface area contributed by atoms with E-state index in [-0.39, 0.29) is 0 Å². The number of halogens is 1. The third kappa shape index (κ3) is 3.51. The fourth-order valence-corrected chi connectivity index (χ4v) is 2.35. The average molecular weight is 279 g/mol. The number of benzene rings is 1. The summed E-state index contributed by atoms with van der Waals surface area (Å²) in [5.74, 6) is 2.97. The lowest BCUT2D eigenvalue weighted by molar-refractivity contribution is 0.415. The molecule has 1 aromatic heterocycles. The number of pyridine rings is 1. The molecule has 19 heavy (non-hydrogen) atoms. The topological polar surface area (TPSA) is 34.1 Å². The number of hydrogen-bond acceptors (Lipinski definition) is 3. The Hall–Kier alpha value is -1.48. The highest BCUT2D eigenvalue weighted by Crippen LogP contribution is 2.25. The van der Waals surface area contributed by atoms with Crippen LogP contribution >= 0.6 is 11.6 Å². The highest BCUT2D eigenvalue weighted by molar-refractivity contribution is 6.17. The van der Waals surface area contributed by atoms with Crippen LogP contribution < -0.4 is 10.1 Å². The van der Waals surface area contributed by atoms with Crippen molar-refractivity contribution in [3.63, 3.8) is 0 Å². The third-order valence-corrected chi connectivity index (χ3v) is 3.41. The number of aromatic nitrogens is 1. The van der Waals surface area contributed by atoms with E-state index in [0.717, 1.165) is 35.3 Å². The minimum absolute atomic E-state index is 0.528. The summed E-state index contributed by atoms with van der Waals surface area (Å²) in [6, 6.07) is 8.02. The van der Waals surface area contributed by atoms with E-state index >= 15 is 0 Å². The van der Waals surface area contributed by atoms with Crippen molar-refractivity contribution < 1.29 is 4.74 Å². The van der Waals surface area contributed by atoms with E-state index in [4.69, 9.17) is 16.3 Å². The van der Waals surface area contributed by atoms with Crippen molar-refractivity contribution in [3.05, 3.63) is 30.5 Å². The highest BCUT2D eigenvalue weighted by Gasteiger charge is 2.06. The Balaban J connectivity index is 2.22. The van der Waals surface area contributed by atoms with Crippen LogP contribution in [-0.4, -0.2) is 24.5 Å². The molecule has 0 aliphatic carbocycles. The average Bonchev–Trinajstić information content (AvgIpc) is 2.44. The van der Waals surface area contributed by atoms with Crippen molar-refractivity contribution in [2.75, 3.05) is 24.9 Å². The van der Waals surface area contributed by atoms with Gasteiger partial charge in [0.2, 0.25) is 0 Å². The van der Waals surface area contributed by atoms with Crippen LogP contribution in [0.25, 0.3) is 10.8 Å². The fraction of sp³-hybridized carbons (Fsp3) is 0.400. The van der Waals surface area contributed by atoms with E-state index in [9.17, 15) is 0 Å². The number of rotatable bonds is 6. The van der Waals surface area contributed by atoms with Crippen LogP contribution in [0.4, 0.5) is 5.82 Å². The molecule has 0 fully saturated rings. The molecule has 0 saturated heterocycles. The molecule has 1 N–H and O–H groups in total. The largest absolute Gasteiger partial charge is 0.497 e. The molecule has 1 atom stereocenters. The Morgan fingerprint density at radius 2 is 2.21 bits per heavy atom. The molecule has 0 radical (unpaired) electrons. The first-order chi connectivity index (χ1) is 9.24. The van der Waals surface area contributed by atoms with Gasteiger partial charge in [0.25, 0.3) is 0 Å². The second kappa shape index (κ2) is 6.62. The SMILES string of the molecule is COc1ccc2ccnc(NCC(C)CCCl)c2c1. The van der Waals surface area contributed by atoms with Crippen LogP contribution in [0.15, 0.2) is 30.5 Å². The van der Waals surface area contributed by atoms with Crippen molar-refractivity contribution in [3.8, 4) is 5.75 Å². The van der Waals surface area contributed by atoms with Gasteiger partial charge in [0.15, 0.2) is 0 Å². The number of hydrogen-bond donors (Lipinski definition) is 1. The van der Waals surface area contributed by atoms with Crippen molar-refractivity contribution in [1.29, 1.82) is 0 Å². The fourth-order valence-electron chi connectivity index (χ4n) is 1.97. The lowest BCUT2D eigenvalue weighted by Gasteiger charge is -2.13. The molecule has 1 unspecified atom stereocenters. The molecule has 0 amide bonds. The van der Waals surface area contributed by atoms with Gasteiger partial charge in [-0.15, -0.1) is 11.6 Å². The van der Waals surface area contributed by atoms with Gasteiger partial charge in [-0.05, 0) is 35.9 Å². The van der Waals surface area contributed by atoms with Gasteiger partial charge >= 0.3 is 0 Å². The zero-order valence-corrected chi connectivity index (χ0v) is 12.1. The van der Waals surface area contributed by atoms with Gasteiger partial charge in [0.05, 0.1) is 7.11 Å². The number of fused-ring (bicyclic) bond motifs is 1. The normalized spacial score (nSPS) is 12.4. The predicted octanol–water partition coefficient (Wildman–Crippen LogP) is 3.92. The highest BCUT2D eigenvalue weighted by atomic mass is 35.5. The van der Waals surface area contributed by atoms with Crippen LogP contribution in [0.3, 0.4) is 0 Å². The number of nitrogens with one attached hydrogen (secondary N) is 1. The molecule has 102 valence electrons. The monoisotopic (exact) mass is 278 g/mol. The number of nitrogens with zero attached hydrogens (tertiary/aromatic N) is 1. The molecule has 0 saturated carbocycles. The molecule has 2 rings (SSSR count). The van der Waals surface area contributed by atoms with Crippen molar-refractivity contribution in [2.45, 2.75) is 13.3 Å². The second-order valence-corrected chi connectivity index (χ2v) is 5.09. The molecule has 0 bridgehead atoms. The lowest BCUT2D eigenvalue weighted by Crippen LogP contribution is -2.12. The number of alkyl halides is 1. The van der Waals surface area contributed by atoms with E-state index in [1.165, 1.54) is 0 Å². The zero-order chi connectivity index (χ0) is 13.7. The molecule has 0 aliphatic rings. The van der Waals surface area contributed by atoms with Gasteiger partial charge in [0.1, 0.15) is 11.6 Å². The van der Waals surface area contributed by atoms with Gasteiger partial charge in [-0.25, -0.2) is 4.98 Å². The Bertz CT molecular complexity index is 545. The summed E-state index contributed by atoms with van der Waals surface area (Å²) in [6.45, 7) is 3.05. The summed E-state index contributed by atoms with van der Waals surface area (Å²) < 4.78 is 5.27. The van der Waals surface area contributed by atoms with Crippen LogP contribution in [-0.2, 0) is 0 Å². The molecule has 4 heteroatoms. The molecule has 2 aromatic rings. The lowest BCUT2D eigenvalue weighted by atomic mass is 10.1. The third-order valence-electron chi connectivity index (χ3n) is 3.19. The zero-order valence-electron chi connectivity index (χ0n) is 11.3. The van der Waals surface area contributed by atoms with Gasteiger partial charge in [-0.2, -0.15) is 0 Å². The first-order valence-corrected chi connectivity index (χ1v) is 7.00. The smallest absolute Gasteiger partial charge is 0.133 e. The van der Waals surface area contributed by atoms with Gasteiger partial charge < -0.3 is 10.1 Å². The molecular weight excluding hydrogens is 260 g/mol. The van der Waals surface area contributed by atoms with E-state index < -0.39 is 0 Å². The molecular formula is C15H19ClN2O. The maximum Gasteiger partial charge on any atom is 0.133 e. The van der Waals surface area contributed by atoms with E-state index in [2.05, 4.69) is 17.2 Å². The Morgan fingerprint density at radius 3 is 2.95 bits per heavy atom. The summed E-state index contributed by atoms with van der Waals surface area (Å²) >= 11 is 5.75. The first kappa shape index (κ1) is 13.9. The van der Waals surface area contributed by atoms with Gasteiger partial charge in [-0.1, -0.05) is 13.0 Å². The molecule has 0 spiro atoms. The predicted molar refractivity (Wildman–Crippen MR) is 81.3 cm³/mol. The minimum atomic E-state index is 0.528. The molecule has 0 aliphatic heterocycles. The minimum Gasteiger partial charge on any atom is -0.497 e. The molecule has 1 aromatic carbocycles. The number of methoxy groups -OCH3 is 1. The van der Waals surface area contributed by atoms with Crippen molar-refractivity contribution >= 4 is 28.2 Å². The van der Waals surface area contributed by atoms with E-state index in [0.29, 0.717) is 11.8 Å². The van der Waals surface area contributed by atoms with Crippen LogP contribution in [0.1, 0.15) is 13.3 Å². The van der Waals surface area contributed by atoms with Gasteiger partial charge in [0, 0.05) is 24.0 Å². The first-order valence-electron chi connectivity index (χ1n) is 6.47. The Kier molecular flexibility index (Phi) is 4.86. The summed E-state index contributed by atoms with van der Waals surface area (Å²) in [5.41, 5.74) is 0. The molecule has 3 nitrogen and oxygen atoms in total. The molecule has 1 heterocycles. The van der Waals surface area contributed by atoms with Crippen LogP contribution in [0.2, 0.25) is 0 Å². The standard InChI is InChI=1S/C15H19ClN2O/c1-11(5-7-16)10-18-15-14-9-13(19-2)4-3-12(14)6-8-17-15/h3-4,6,8-9,11H,5,7,10H2,1-2H3,(H,17,18). The summed E-state index contributed by atoms with van der Waals surface area (Å²) in [7, 11) is 1.67. The Labute approximate surface area is 118 Å². The van der Waals surface area contributed by atoms with Crippen LogP contribution in [0, 0.1) is 5.92 Å². The van der Waals surface area contributed by atoms with Crippen molar-refractivity contribution in [1.82, 2.24) is 4.98 Å². The maximum absolute atomic E-state index is 5.75. The summed E-state index contributed by atoms with van der Waals surface area (Å²) in [4.78, 5) is 4.41. The van der Waals surface area contributed by atoms with Crippen molar-refractivity contribution in [2.24, 2.45) is 5.92 Å².